The molecule has 156 valence electrons. The molecule has 2 heterocycles. The van der Waals surface area contributed by atoms with Gasteiger partial charge in [0.1, 0.15) is 5.69 Å². The number of carbonyl (C=O) groups is 1. The van der Waals surface area contributed by atoms with Crippen LogP contribution in [0.4, 0.5) is 0 Å². The fourth-order valence-electron chi connectivity index (χ4n) is 4.18. The van der Waals surface area contributed by atoms with E-state index in [1.54, 1.807) is 11.5 Å². The van der Waals surface area contributed by atoms with Crippen molar-refractivity contribution in [1.82, 2.24) is 19.4 Å². The minimum atomic E-state index is -0.0752. The van der Waals surface area contributed by atoms with Crippen LogP contribution in [0.25, 0.3) is 11.0 Å². The summed E-state index contributed by atoms with van der Waals surface area (Å²) < 4.78 is 1.70. The van der Waals surface area contributed by atoms with E-state index < -0.39 is 0 Å². The summed E-state index contributed by atoms with van der Waals surface area (Å²) in [5.74, 6) is 0.0285. The van der Waals surface area contributed by atoms with Crippen molar-refractivity contribution in [1.29, 1.82) is 0 Å². The van der Waals surface area contributed by atoms with E-state index >= 15 is 0 Å². The van der Waals surface area contributed by atoms with Crippen molar-refractivity contribution in [2.45, 2.75) is 33.9 Å². The summed E-state index contributed by atoms with van der Waals surface area (Å²) in [7, 11) is 0. The highest BCUT2D eigenvalue weighted by atomic mass is 16.2. The number of carbonyl (C=O) groups excluding carboxylic acids is 1. The molecular formula is C24H28N4O2. The maximum atomic E-state index is 13.1. The van der Waals surface area contributed by atoms with E-state index in [0.29, 0.717) is 36.4 Å². The Kier molecular flexibility index (Phi) is 5.68. The average molecular weight is 405 g/mol. The van der Waals surface area contributed by atoms with Crippen molar-refractivity contribution in [2.24, 2.45) is 0 Å². The maximum absolute atomic E-state index is 13.1. The topological polar surface area (TPSA) is 58.4 Å². The molecule has 4 rings (SSSR count). The Hall–Kier alpha value is -2.99. The van der Waals surface area contributed by atoms with Gasteiger partial charge in [0.05, 0.1) is 11.0 Å². The van der Waals surface area contributed by atoms with Crippen LogP contribution in [-0.2, 0) is 13.1 Å². The molecule has 6 nitrogen and oxygen atoms in total. The summed E-state index contributed by atoms with van der Waals surface area (Å²) in [6, 6.07) is 14.1. The summed E-state index contributed by atoms with van der Waals surface area (Å²) in [6.45, 7) is 10.4. The Morgan fingerprint density at radius 2 is 1.80 bits per heavy atom. The van der Waals surface area contributed by atoms with E-state index in [1.807, 2.05) is 30.0 Å². The highest BCUT2D eigenvalue weighted by Gasteiger charge is 2.23. The second kappa shape index (κ2) is 8.40. The fraction of sp³-hybridized carbons (Fsp3) is 0.375. The first kappa shape index (κ1) is 20.3. The number of amides is 1. The number of hydrogen-bond donors (Lipinski definition) is 0. The number of rotatable bonds is 4. The molecule has 1 aliphatic heterocycles. The lowest BCUT2D eigenvalue weighted by Gasteiger charge is -2.35. The number of hydrogen-bond acceptors (Lipinski definition) is 4. The molecule has 0 N–H and O–H groups in total. The predicted molar refractivity (Wildman–Crippen MR) is 119 cm³/mol. The molecular weight excluding hydrogens is 376 g/mol. The van der Waals surface area contributed by atoms with Crippen molar-refractivity contribution in [3.05, 3.63) is 75.2 Å². The SMILES string of the molecule is CCn1c(=O)c(C)nc2cc(C(=O)N3CCN(Cc4cccc(C)c4)CC3)ccc21. The van der Waals surface area contributed by atoms with E-state index in [1.165, 1.54) is 11.1 Å². The van der Waals surface area contributed by atoms with Crippen molar-refractivity contribution in [3.63, 3.8) is 0 Å². The van der Waals surface area contributed by atoms with Gasteiger partial charge in [0.2, 0.25) is 0 Å². The number of fused-ring (bicyclic) bond motifs is 1. The van der Waals surface area contributed by atoms with Gasteiger partial charge in [0, 0.05) is 44.8 Å². The average Bonchev–Trinajstić information content (AvgIpc) is 2.74. The van der Waals surface area contributed by atoms with Crippen LogP contribution < -0.4 is 5.56 Å². The molecule has 1 saturated heterocycles. The third-order valence-corrected chi connectivity index (χ3v) is 5.82. The summed E-state index contributed by atoms with van der Waals surface area (Å²) >= 11 is 0. The molecule has 0 radical (unpaired) electrons. The first-order valence-electron chi connectivity index (χ1n) is 10.5. The molecule has 3 aromatic rings. The Morgan fingerprint density at radius 1 is 1.03 bits per heavy atom. The number of benzene rings is 2. The molecule has 0 aliphatic carbocycles. The van der Waals surface area contributed by atoms with Crippen molar-refractivity contribution in [3.8, 4) is 0 Å². The summed E-state index contributed by atoms with van der Waals surface area (Å²) in [6.07, 6.45) is 0. The van der Waals surface area contributed by atoms with Gasteiger partial charge in [-0.2, -0.15) is 0 Å². The van der Waals surface area contributed by atoms with Gasteiger partial charge in [0.25, 0.3) is 11.5 Å². The highest BCUT2D eigenvalue weighted by molar-refractivity contribution is 5.97. The van der Waals surface area contributed by atoms with Crippen molar-refractivity contribution in [2.75, 3.05) is 26.2 Å². The highest BCUT2D eigenvalue weighted by Crippen LogP contribution is 2.17. The van der Waals surface area contributed by atoms with Crippen LogP contribution in [0, 0.1) is 13.8 Å². The predicted octanol–water partition coefficient (Wildman–Crippen LogP) is 2.99. The van der Waals surface area contributed by atoms with Gasteiger partial charge in [-0.25, -0.2) is 4.98 Å². The van der Waals surface area contributed by atoms with E-state index in [4.69, 9.17) is 0 Å². The fourth-order valence-corrected chi connectivity index (χ4v) is 4.18. The number of aromatic nitrogens is 2. The molecule has 30 heavy (non-hydrogen) atoms. The molecule has 1 aromatic heterocycles. The van der Waals surface area contributed by atoms with Gasteiger partial charge in [-0.05, 0) is 44.5 Å². The molecule has 0 spiro atoms. The van der Waals surface area contributed by atoms with E-state index in [0.717, 1.165) is 25.2 Å². The molecule has 2 aromatic carbocycles. The maximum Gasteiger partial charge on any atom is 0.272 e. The normalized spacial score (nSPS) is 15.0. The van der Waals surface area contributed by atoms with Gasteiger partial charge in [0.15, 0.2) is 0 Å². The minimum Gasteiger partial charge on any atom is -0.336 e. The molecule has 0 bridgehead atoms. The third-order valence-electron chi connectivity index (χ3n) is 5.82. The number of aryl methyl sites for hydroxylation is 3. The second-order valence-electron chi connectivity index (χ2n) is 8.01. The zero-order valence-corrected chi connectivity index (χ0v) is 17.9. The van der Waals surface area contributed by atoms with E-state index in [9.17, 15) is 9.59 Å². The molecule has 1 amide bonds. The minimum absolute atomic E-state index is 0.0285. The summed E-state index contributed by atoms with van der Waals surface area (Å²) in [5.41, 5.74) is 5.06. The molecule has 0 atom stereocenters. The second-order valence-corrected chi connectivity index (χ2v) is 8.01. The van der Waals surface area contributed by atoms with Crippen LogP contribution in [0.3, 0.4) is 0 Å². The zero-order chi connectivity index (χ0) is 21.3. The van der Waals surface area contributed by atoms with Gasteiger partial charge in [-0.15, -0.1) is 0 Å². The molecule has 0 saturated carbocycles. The molecule has 6 heteroatoms. The third kappa shape index (κ3) is 4.00. The van der Waals surface area contributed by atoms with E-state index in [2.05, 4.69) is 41.1 Å². The lowest BCUT2D eigenvalue weighted by Crippen LogP contribution is -2.48. The smallest absolute Gasteiger partial charge is 0.272 e. The largest absolute Gasteiger partial charge is 0.336 e. The van der Waals surface area contributed by atoms with E-state index in [-0.39, 0.29) is 11.5 Å². The van der Waals surface area contributed by atoms with Gasteiger partial charge in [-0.3, -0.25) is 14.5 Å². The van der Waals surface area contributed by atoms with Gasteiger partial charge in [-0.1, -0.05) is 29.8 Å². The quantitative estimate of drug-likeness (QED) is 0.671. The lowest BCUT2D eigenvalue weighted by atomic mass is 10.1. The van der Waals surface area contributed by atoms with Gasteiger partial charge >= 0.3 is 0 Å². The Balaban J connectivity index is 1.47. The Morgan fingerprint density at radius 3 is 2.50 bits per heavy atom. The Labute approximate surface area is 176 Å². The van der Waals surface area contributed by atoms with Crippen molar-refractivity contribution < 1.29 is 4.79 Å². The molecule has 1 fully saturated rings. The van der Waals surface area contributed by atoms with Crippen LogP contribution >= 0.6 is 0 Å². The lowest BCUT2D eigenvalue weighted by molar-refractivity contribution is 0.0628. The standard InChI is InChI=1S/C24H28N4O2/c1-4-28-22-9-8-20(15-21(22)25-18(3)23(28)29)24(30)27-12-10-26(11-13-27)16-19-7-5-6-17(2)14-19/h5-9,14-15H,4,10-13,16H2,1-3H3. The monoisotopic (exact) mass is 404 g/mol. The molecule has 1 aliphatic rings. The first-order chi connectivity index (χ1) is 14.5. The van der Waals surface area contributed by atoms with Crippen molar-refractivity contribution >= 4 is 16.9 Å². The van der Waals surface area contributed by atoms with Crippen LogP contribution in [-0.4, -0.2) is 51.4 Å². The zero-order valence-electron chi connectivity index (χ0n) is 17.9. The van der Waals surface area contributed by atoms with Crippen LogP contribution in [0.1, 0.15) is 34.1 Å². The van der Waals surface area contributed by atoms with Gasteiger partial charge < -0.3 is 9.47 Å². The molecule has 0 unspecified atom stereocenters. The number of nitrogens with zero attached hydrogens (tertiary/aromatic N) is 4. The summed E-state index contributed by atoms with van der Waals surface area (Å²) in [5, 5.41) is 0. The summed E-state index contributed by atoms with van der Waals surface area (Å²) in [4.78, 5) is 34.1. The van der Waals surface area contributed by atoms with Crippen LogP contribution in [0.2, 0.25) is 0 Å². The first-order valence-corrected chi connectivity index (χ1v) is 10.5. The van der Waals surface area contributed by atoms with Crippen LogP contribution in [0.5, 0.6) is 0 Å². The number of piperazine rings is 1. The Bertz CT molecular complexity index is 1140. The van der Waals surface area contributed by atoms with Crippen LogP contribution in [0.15, 0.2) is 47.3 Å².